The molecule has 0 bridgehead atoms. The van der Waals surface area contributed by atoms with E-state index in [1.165, 1.54) is 5.56 Å². The Morgan fingerprint density at radius 2 is 1.07 bits per heavy atom. The number of nitrogens with zero attached hydrogens (tertiary/aromatic N) is 2. The van der Waals surface area contributed by atoms with E-state index in [0.29, 0.717) is 18.2 Å². The summed E-state index contributed by atoms with van der Waals surface area (Å²) in [7, 11) is 0. The van der Waals surface area contributed by atoms with Crippen molar-refractivity contribution in [2.75, 3.05) is 0 Å². The second-order valence-corrected chi connectivity index (χ2v) is 7.71. The molecule has 0 radical (unpaired) electrons. The molecule has 5 rings (SSSR count). The Hall–Kier alpha value is -3.40. The van der Waals surface area contributed by atoms with Crippen LogP contribution in [0.2, 0.25) is 0 Å². The predicted octanol–water partition coefficient (Wildman–Crippen LogP) is 5.85. The third kappa shape index (κ3) is 3.73. The lowest BCUT2D eigenvalue weighted by Gasteiger charge is -2.18. The Bertz CT molecular complexity index is 1050. The average molecular weight is 396 g/mol. The number of ether oxygens (including phenoxy) is 2. The van der Waals surface area contributed by atoms with Gasteiger partial charge in [0.25, 0.3) is 0 Å². The lowest BCUT2D eigenvalue weighted by molar-refractivity contribution is 0.188. The molecule has 0 aliphatic carbocycles. The molecule has 0 amide bonds. The minimum Gasteiger partial charge on any atom is -0.475 e. The maximum absolute atomic E-state index is 6.34. The van der Waals surface area contributed by atoms with Gasteiger partial charge >= 0.3 is 0 Å². The zero-order chi connectivity index (χ0) is 20.3. The molecule has 4 nitrogen and oxygen atoms in total. The molecule has 0 saturated heterocycles. The van der Waals surface area contributed by atoms with E-state index in [0.717, 1.165) is 11.1 Å². The van der Waals surface area contributed by atoms with Crippen LogP contribution in [0.5, 0.6) is 0 Å². The maximum atomic E-state index is 6.34. The summed E-state index contributed by atoms with van der Waals surface area (Å²) in [6.07, 6.45) is 0.326. The molecule has 0 unspecified atom stereocenters. The topological polar surface area (TPSA) is 43.2 Å². The molecule has 2 heterocycles. The first-order valence-electron chi connectivity index (χ1n) is 10.4. The van der Waals surface area contributed by atoms with Gasteiger partial charge in [0.2, 0.25) is 0 Å². The minimum atomic E-state index is -0.145. The van der Waals surface area contributed by atoms with Gasteiger partial charge in [0.1, 0.15) is 18.2 Å². The van der Waals surface area contributed by atoms with Crippen LogP contribution >= 0.6 is 0 Å². The lowest BCUT2D eigenvalue weighted by Crippen LogP contribution is -2.14. The highest BCUT2D eigenvalue weighted by atomic mass is 16.5. The van der Waals surface area contributed by atoms with Crippen LogP contribution in [0, 0.1) is 0 Å². The standard InChI is InChI=1S/C26H24N2O2/c1-18-24(19-11-5-2-6-12-19)27-22(29-18)17-23-28-25(20-13-7-3-8-14-20)26(30-23)21-15-9-4-10-16-21/h2-16,18,24-26H,17H2,1H3/t18-,24-,25-,26+/m1/s1. The Balaban J connectivity index is 1.39. The van der Waals surface area contributed by atoms with Crippen LogP contribution in [0.4, 0.5) is 0 Å². The van der Waals surface area contributed by atoms with Crippen LogP contribution in [0.1, 0.15) is 48.2 Å². The lowest BCUT2D eigenvalue weighted by atomic mass is 9.97. The van der Waals surface area contributed by atoms with Crippen LogP contribution in [0.3, 0.4) is 0 Å². The van der Waals surface area contributed by atoms with E-state index in [9.17, 15) is 0 Å². The van der Waals surface area contributed by atoms with Gasteiger partial charge in [-0.3, -0.25) is 0 Å². The highest BCUT2D eigenvalue weighted by Gasteiger charge is 2.36. The van der Waals surface area contributed by atoms with Gasteiger partial charge in [-0.1, -0.05) is 91.0 Å². The third-order valence-corrected chi connectivity index (χ3v) is 5.60. The molecule has 0 fully saturated rings. The van der Waals surface area contributed by atoms with Crippen LogP contribution < -0.4 is 0 Å². The normalized spacial score (nSPS) is 25.2. The summed E-state index contributed by atoms with van der Waals surface area (Å²) in [5, 5.41) is 0. The number of hydrogen-bond acceptors (Lipinski definition) is 4. The smallest absolute Gasteiger partial charge is 0.194 e. The Morgan fingerprint density at radius 3 is 1.67 bits per heavy atom. The number of rotatable bonds is 5. The van der Waals surface area contributed by atoms with Gasteiger partial charge in [-0.2, -0.15) is 0 Å². The van der Waals surface area contributed by atoms with E-state index in [1.54, 1.807) is 0 Å². The maximum Gasteiger partial charge on any atom is 0.194 e. The average Bonchev–Trinajstić information content (AvgIpc) is 3.39. The molecule has 0 spiro atoms. The zero-order valence-corrected chi connectivity index (χ0v) is 16.9. The van der Waals surface area contributed by atoms with E-state index in [2.05, 4.69) is 43.3 Å². The van der Waals surface area contributed by atoms with Crippen LogP contribution in [0.25, 0.3) is 0 Å². The van der Waals surface area contributed by atoms with Crippen LogP contribution in [-0.4, -0.2) is 17.9 Å². The van der Waals surface area contributed by atoms with Gasteiger partial charge in [-0.05, 0) is 23.6 Å². The first-order valence-corrected chi connectivity index (χ1v) is 10.4. The van der Waals surface area contributed by atoms with Gasteiger partial charge in [0.05, 0.1) is 6.42 Å². The summed E-state index contributed by atoms with van der Waals surface area (Å²) >= 11 is 0. The molecule has 3 aromatic carbocycles. The van der Waals surface area contributed by atoms with Crippen LogP contribution in [-0.2, 0) is 9.47 Å². The van der Waals surface area contributed by atoms with E-state index in [1.807, 2.05) is 54.6 Å². The van der Waals surface area contributed by atoms with Crippen molar-refractivity contribution in [1.82, 2.24) is 0 Å². The molecule has 150 valence electrons. The second kappa shape index (κ2) is 8.15. The van der Waals surface area contributed by atoms with Gasteiger partial charge in [-0.25, -0.2) is 9.98 Å². The zero-order valence-electron chi connectivity index (χ0n) is 16.9. The second-order valence-electron chi connectivity index (χ2n) is 7.71. The van der Waals surface area contributed by atoms with Gasteiger partial charge in [0, 0.05) is 0 Å². The fraction of sp³-hybridized carbons (Fsp3) is 0.231. The minimum absolute atomic E-state index is 0.000700. The fourth-order valence-electron chi connectivity index (χ4n) is 4.13. The molecular weight excluding hydrogens is 372 g/mol. The molecule has 0 N–H and O–H groups in total. The highest BCUT2D eigenvalue weighted by molar-refractivity contribution is 5.98. The molecule has 0 aromatic heterocycles. The Labute approximate surface area is 176 Å². The number of hydrogen-bond donors (Lipinski definition) is 0. The van der Waals surface area contributed by atoms with Crippen molar-refractivity contribution in [3.05, 3.63) is 108 Å². The van der Waals surface area contributed by atoms with Gasteiger partial charge in [0.15, 0.2) is 17.9 Å². The van der Waals surface area contributed by atoms with Crippen LogP contribution in [0.15, 0.2) is 101 Å². The number of aliphatic imine (C=N–C) groups is 2. The molecular formula is C26H24N2O2. The van der Waals surface area contributed by atoms with Gasteiger partial charge < -0.3 is 9.47 Å². The Kier molecular flexibility index (Phi) is 5.06. The van der Waals surface area contributed by atoms with E-state index in [-0.39, 0.29) is 24.3 Å². The fourth-order valence-corrected chi connectivity index (χ4v) is 4.13. The summed E-state index contributed by atoms with van der Waals surface area (Å²) in [5.41, 5.74) is 3.43. The van der Waals surface area contributed by atoms with Crippen molar-refractivity contribution in [2.45, 2.75) is 37.6 Å². The molecule has 0 saturated carbocycles. The first kappa shape index (κ1) is 18.6. The summed E-state index contributed by atoms with van der Waals surface area (Å²) in [6, 6.07) is 30.8. The third-order valence-electron chi connectivity index (χ3n) is 5.60. The summed E-state index contributed by atoms with van der Waals surface area (Å²) in [5.74, 6) is 1.37. The van der Waals surface area contributed by atoms with Crippen molar-refractivity contribution < 1.29 is 9.47 Å². The van der Waals surface area contributed by atoms with E-state index < -0.39 is 0 Å². The quantitative estimate of drug-likeness (QED) is 0.543. The monoisotopic (exact) mass is 396 g/mol. The number of benzene rings is 3. The summed E-state index contributed by atoms with van der Waals surface area (Å²) < 4.78 is 12.4. The first-order chi connectivity index (χ1) is 14.8. The van der Waals surface area contributed by atoms with E-state index >= 15 is 0 Å². The Morgan fingerprint density at radius 1 is 0.600 bits per heavy atom. The van der Waals surface area contributed by atoms with Gasteiger partial charge in [-0.15, -0.1) is 0 Å². The molecule has 30 heavy (non-hydrogen) atoms. The molecule has 4 heteroatoms. The molecule has 3 aromatic rings. The summed E-state index contributed by atoms with van der Waals surface area (Å²) in [4.78, 5) is 9.77. The van der Waals surface area contributed by atoms with Crippen molar-refractivity contribution in [2.24, 2.45) is 9.98 Å². The summed E-state index contributed by atoms with van der Waals surface area (Å²) in [6.45, 7) is 2.06. The SMILES string of the molecule is C[C@H]1OC(CC2=N[C@H](c3ccccc3)[C@H](c3ccccc3)O2)=N[C@H]1c1ccccc1. The largest absolute Gasteiger partial charge is 0.475 e. The van der Waals surface area contributed by atoms with Crippen molar-refractivity contribution in [3.8, 4) is 0 Å². The van der Waals surface area contributed by atoms with Crippen molar-refractivity contribution in [3.63, 3.8) is 0 Å². The predicted molar refractivity (Wildman–Crippen MR) is 119 cm³/mol. The molecule has 2 aliphatic rings. The van der Waals surface area contributed by atoms with Crippen molar-refractivity contribution in [1.29, 1.82) is 0 Å². The van der Waals surface area contributed by atoms with Crippen molar-refractivity contribution >= 4 is 11.8 Å². The highest BCUT2D eigenvalue weighted by Crippen LogP contribution is 2.41. The van der Waals surface area contributed by atoms with E-state index in [4.69, 9.17) is 19.5 Å². The molecule has 4 atom stereocenters. The molecule has 2 aliphatic heterocycles.